The molecule has 0 heterocycles. The van der Waals surface area contributed by atoms with Gasteiger partial charge in [0, 0.05) is 5.88 Å². The van der Waals surface area contributed by atoms with Crippen molar-refractivity contribution in [2.75, 3.05) is 13.2 Å². The first-order valence-electron chi connectivity index (χ1n) is 7.38. The maximum atomic E-state index is 8.96. The molecule has 4 heteroatoms. The van der Waals surface area contributed by atoms with Crippen LogP contribution in [-0.4, -0.2) is 13.2 Å². The van der Waals surface area contributed by atoms with Crippen LogP contribution in [0.5, 0.6) is 11.5 Å². The van der Waals surface area contributed by atoms with Gasteiger partial charge >= 0.3 is 0 Å². The first kappa shape index (κ1) is 17.7. The third kappa shape index (κ3) is 6.27. The lowest BCUT2D eigenvalue weighted by atomic mass is 9.89. The molecule has 0 saturated heterocycles. The maximum absolute atomic E-state index is 8.96. The number of nitriles is 1. The number of benzene rings is 1. The van der Waals surface area contributed by atoms with Gasteiger partial charge in [0.05, 0.1) is 24.7 Å². The average molecular weight is 310 g/mol. The summed E-state index contributed by atoms with van der Waals surface area (Å²) in [5, 5.41) is 8.96. The van der Waals surface area contributed by atoms with Crippen molar-refractivity contribution in [3.8, 4) is 17.6 Å². The Morgan fingerprint density at radius 3 is 2.57 bits per heavy atom. The Bertz CT molecular complexity index is 480. The summed E-state index contributed by atoms with van der Waals surface area (Å²) in [5.41, 5.74) is 0.765. The molecule has 0 aromatic heterocycles. The standard InChI is InChI=1S/C17H24ClNO2/c1-4-20-16-11-14(12-18)7-8-15(16)21-10-6-5-9-17(2,3)13-19/h7-8,11H,4-6,9-10,12H2,1-3H3. The third-order valence-electron chi connectivity index (χ3n) is 3.22. The monoisotopic (exact) mass is 309 g/mol. The Kier molecular flexibility index (Phi) is 7.39. The van der Waals surface area contributed by atoms with E-state index in [2.05, 4.69) is 6.07 Å². The third-order valence-corrected chi connectivity index (χ3v) is 3.53. The Morgan fingerprint density at radius 2 is 1.95 bits per heavy atom. The summed E-state index contributed by atoms with van der Waals surface area (Å²) in [6.07, 6.45) is 2.79. The van der Waals surface area contributed by atoms with E-state index in [0.29, 0.717) is 19.1 Å². The quantitative estimate of drug-likeness (QED) is 0.480. The van der Waals surface area contributed by atoms with Crippen molar-refractivity contribution in [3.05, 3.63) is 23.8 Å². The minimum Gasteiger partial charge on any atom is -0.490 e. The van der Waals surface area contributed by atoms with E-state index in [1.807, 2.05) is 39.0 Å². The van der Waals surface area contributed by atoms with Gasteiger partial charge in [-0.25, -0.2) is 0 Å². The number of ether oxygens (including phenoxy) is 2. The van der Waals surface area contributed by atoms with Gasteiger partial charge in [0.25, 0.3) is 0 Å². The van der Waals surface area contributed by atoms with E-state index in [-0.39, 0.29) is 5.41 Å². The van der Waals surface area contributed by atoms with Crippen molar-refractivity contribution in [1.82, 2.24) is 0 Å². The highest BCUT2D eigenvalue weighted by Gasteiger charge is 2.15. The fourth-order valence-electron chi connectivity index (χ4n) is 1.93. The van der Waals surface area contributed by atoms with E-state index in [1.54, 1.807) is 0 Å². The SMILES string of the molecule is CCOc1cc(CCl)ccc1OCCCCC(C)(C)C#N. The van der Waals surface area contributed by atoms with E-state index >= 15 is 0 Å². The topological polar surface area (TPSA) is 42.2 Å². The Labute approximate surface area is 132 Å². The first-order chi connectivity index (χ1) is 10.0. The van der Waals surface area contributed by atoms with Gasteiger partial charge in [0.15, 0.2) is 11.5 Å². The van der Waals surface area contributed by atoms with Gasteiger partial charge in [0.2, 0.25) is 0 Å². The van der Waals surface area contributed by atoms with Crippen LogP contribution in [-0.2, 0) is 5.88 Å². The van der Waals surface area contributed by atoms with Gasteiger partial charge in [-0.2, -0.15) is 5.26 Å². The molecule has 21 heavy (non-hydrogen) atoms. The van der Waals surface area contributed by atoms with Gasteiger partial charge in [-0.1, -0.05) is 6.07 Å². The van der Waals surface area contributed by atoms with Crippen molar-refractivity contribution in [2.45, 2.75) is 45.9 Å². The van der Waals surface area contributed by atoms with Crippen LogP contribution in [0.3, 0.4) is 0 Å². The van der Waals surface area contributed by atoms with Crippen LogP contribution in [0.2, 0.25) is 0 Å². The lowest BCUT2D eigenvalue weighted by Gasteiger charge is -2.15. The van der Waals surface area contributed by atoms with E-state index in [4.69, 9.17) is 26.3 Å². The van der Waals surface area contributed by atoms with E-state index < -0.39 is 0 Å². The van der Waals surface area contributed by atoms with Crippen LogP contribution in [0, 0.1) is 16.7 Å². The highest BCUT2D eigenvalue weighted by atomic mass is 35.5. The maximum Gasteiger partial charge on any atom is 0.161 e. The number of nitrogens with zero attached hydrogens (tertiary/aromatic N) is 1. The largest absolute Gasteiger partial charge is 0.490 e. The van der Waals surface area contributed by atoms with Gasteiger partial charge in [-0.05, 0) is 57.7 Å². The first-order valence-corrected chi connectivity index (χ1v) is 7.91. The highest BCUT2D eigenvalue weighted by Crippen LogP contribution is 2.29. The van der Waals surface area contributed by atoms with Crippen molar-refractivity contribution in [3.63, 3.8) is 0 Å². The van der Waals surface area contributed by atoms with Crippen LogP contribution in [0.15, 0.2) is 18.2 Å². The highest BCUT2D eigenvalue weighted by molar-refractivity contribution is 6.17. The molecule has 0 saturated carbocycles. The Hall–Kier alpha value is -1.40. The molecule has 0 radical (unpaired) electrons. The summed E-state index contributed by atoms with van der Waals surface area (Å²) < 4.78 is 11.4. The van der Waals surface area contributed by atoms with Crippen LogP contribution in [0.1, 0.15) is 45.6 Å². The van der Waals surface area contributed by atoms with E-state index in [9.17, 15) is 0 Å². The second kappa shape index (κ2) is 8.79. The predicted molar refractivity (Wildman–Crippen MR) is 85.9 cm³/mol. The summed E-state index contributed by atoms with van der Waals surface area (Å²) in [4.78, 5) is 0. The number of unbranched alkanes of at least 4 members (excludes halogenated alkanes) is 1. The molecule has 0 fully saturated rings. The molecular weight excluding hydrogens is 286 g/mol. The van der Waals surface area contributed by atoms with Crippen LogP contribution >= 0.6 is 11.6 Å². The fourth-order valence-corrected chi connectivity index (χ4v) is 2.10. The van der Waals surface area contributed by atoms with Crippen LogP contribution < -0.4 is 9.47 Å². The molecule has 0 atom stereocenters. The van der Waals surface area contributed by atoms with E-state index in [1.165, 1.54) is 0 Å². The molecule has 1 rings (SSSR count). The summed E-state index contributed by atoms with van der Waals surface area (Å²) in [5.74, 6) is 1.96. The van der Waals surface area contributed by atoms with Crippen LogP contribution in [0.4, 0.5) is 0 Å². The van der Waals surface area contributed by atoms with Crippen LogP contribution in [0.25, 0.3) is 0 Å². The van der Waals surface area contributed by atoms with Gasteiger partial charge in [-0.15, -0.1) is 11.6 Å². The number of halogens is 1. The minimum atomic E-state index is -0.252. The molecule has 0 aliphatic heterocycles. The lowest BCUT2D eigenvalue weighted by Crippen LogP contribution is -2.08. The molecule has 0 aliphatic rings. The normalized spacial score (nSPS) is 11.0. The fraction of sp³-hybridized carbons (Fsp3) is 0.588. The minimum absolute atomic E-state index is 0.252. The molecule has 0 amide bonds. The van der Waals surface area contributed by atoms with Gasteiger partial charge in [-0.3, -0.25) is 0 Å². The molecule has 0 bridgehead atoms. The summed E-state index contributed by atoms with van der Waals surface area (Å²) in [6, 6.07) is 8.09. The molecule has 0 spiro atoms. The molecule has 1 aromatic rings. The Balaban J connectivity index is 2.46. The van der Waals surface area contributed by atoms with E-state index in [0.717, 1.165) is 36.3 Å². The smallest absolute Gasteiger partial charge is 0.161 e. The number of hydrogen-bond acceptors (Lipinski definition) is 3. The lowest BCUT2D eigenvalue weighted by molar-refractivity contribution is 0.266. The molecule has 0 unspecified atom stereocenters. The molecule has 116 valence electrons. The van der Waals surface area contributed by atoms with Crippen molar-refractivity contribution >= 4 is 11.6 Å². The summed E-state index contributed by atoms with van der Waals surface area (Å²) in [7, 11) is 0. The van der Waals surface area contributed by atoms with Crippen molar-refractivity contribution in [1.29, 1.82) is 5.26 Å². The second-order valence-corrected chi connectivity index (χ2v) is 5.92. The zero-order chi connectivity index (χ0) is 15.7. The average Bonchev–Trinajstić information content (AvgIpc) is 2.48. The number of hydrogen-bond donors (Lipinski definition) is 0. The van der Waals surface area contributed by atoms with Crippen molar-refractivity contribution in [2.24, 2.45) is 5.41 Å². The summed E-state index contributed by atoms with van der Waals surface area (Å²) >= 11 is 5.83. The number of rotatable bonds is 9. The molecular formula is C17H24ClNO2. The summed E-state index contributed by atoms with van der Waals surface area (Å²) in [6.45, 7) is 7.10. The molecule has 3 nitrogen and oxygen atoms in total. The molecule has 0 N–H and O–H groups in total. The number of alkyl halides is 1. The Morgan fingerprint density at radius 1 is 1.19 bits per heavy atom. The second-order valence-electron chi connectivity index (χ2n) is 5.65. The molecule has 0 aliphatic carbocycles. The molecule has 1 aromatic carbocycles. The van der Waals surface area contributed by atoms with Crippen molar-refractivity contribution < 1.29 is 9.47 Å². The van der Waals surface area contributed by atoms with Gasteiger partial charge < -0.3 is 9.47 Å². The predicted octanol–water partition coefficient (Wildman–Crippen LogP) is 4.92. The zero-order valence-corrected chi connectivity index (χ0v) is 13.9. The zero-order valence-electron chi connectivity index (χ0n) is 13.1. The van der Waals surface area contributed by atoms with Gasteiger partial charge in [0.1, 0.15) is 0 Å².